The molecule has 5 nitrogen and oxygen atoms in total. The molecular weight excluding hydrogens is 226 g/mol. The number of nitrogens with two attached hydrogens (primary N) is 1. The van der Waals surface area contributed by atoms with Gasteiger partial charge in [-0.25, -0.2) is 0 Å². The molecule has 0 aromatic heterocycles. The van der Waals surface area contributed by atoms with Gasteiger partial charge in [0.05, 0.1) is 6.04 Å². The number of carbonyl (C=O) groups is 2. The summed E-state index contributed by atoms with van der Waals surface area (Å²) in [6.45, 7) is 0.698. The fraction of sp³-hybridized carbons (Fsp3) is 0.800. The largest absolute Gasteiger partial charge is 0.354 e. The van der Waals surface area contributed by atoms with Crippen LogP contribution in [-0.4, -0.2) is 42.5 Å². The van der Waals surface area contributed by atoms with Crippen LogP contribution in [0.3, 0.4) is 0 Å². The van der Waals surface area contributed by atoms with Gasteiger partial charge in [0.15, 0.2) is 0 Å². The summed E-state index contributed by atoms with van der Waals surface area (Å²) >= 11 is 1.65. The molecule has 92 valence electrons. The molecule has 1 aliphatic rings. The van der Waals surface area contributed by atoms with E-state index in [1.165, 1.54) is 0 Å². The van der Waals surface area contributed by atoms with Crippen LogP contribution in [0.5, 0.6) is 0 Å². The highest BCUT2D eigenvalue weighted by Gasteiger charge is 2.25. The van der Waals surface area contributed by atoms with Gasteiger partial charge in [0.25, 0.3) is 0 Å². The van der Waals surface area contributed by atoms with Crippen LogP contribution in [0.1, 0.15) is 19.3 Å². The van der Waals surface area contributed by atoms with Crippen molar-refractivity contribution in [3.05, 3.63) is 0 Å². The van der Waals surface area contributed by atoms with E-state index < -0.39 is 12.1 Å². The fourth-order valence-electron chi connectivity index (χ4n) is 1.56. The van der Waals surface area contributed by atoms with Crippen LogP contribution in [0.2, 0.25) is 0 Å². The number of amides is 2. The first-order valence-electron chi connectivity index (χ1n) is 5.47. The molecule has 4 N–H and O–H groups in total. The summed E-state index contributed by atoms with van der Waals surface area (Å²) in [5.41, 5.74) is 5.71. The fourth-order valence-corrected chi connectivity index (χ4v) is 2.05. The summed E-state index contributed by atoms with van der Waals surface area (Å²) in [6.07, 6.45) is 4.21. The van der Waals surface area contributed by atoms with Crippen LogP contribution < -0.4 is 16.4 Å². The lowest BCUT2D eigenvalue weighted by Gasteiger charge is -2.24. The second kappa shape index (κ2) is 6.75. The Kier molecular flexibility index (Phi) is 5.62. The minimum atomic E-state index is -0.512. The summed E-state index contributed by atoms with van der Waals surface area (Å²) < 4.78 is 0. The van der Waals surface area contributed by atoms with Crippen molar-refractivity contribution < 1.29 is 9.59 Å². The maximum Gasteiger partial charge on any atom is 0.242 e. The molecule has 2 amide bonds. The van der Waals surface area contributed by atoms with Gasteiger partial charge in [0.1, 0.15) is 6.04 Å². The topological polar surface area (TPSA) is 84.2 Å². The highest BCUT2D eigenvalue weighted by Crippen LogP contribution is 2.04. The van der Waals surface area contributed by atoms with E-state index in [1.54, 1.807) is 11.8 Å². The summed E-state index contributed by atoms with van der Waals surface area (Å²) in [4.78, 5) is 23.0. The number of piperidine rings is 1. The molecule has 16 heavy (non-hydrogen) atoms. The second-order valence-corrected chi connectivity index (χ2v) is 4.87. The van der Waals surface area contributed by atoms with E-state index in [0.717, 1.165) is 12.2 Å². The Morgan fingerprint density at radius 2 is 2.50 bits per heavy atom. The Bertz CT molecular complexity index is 260. The maximum atomic E-state index is 11.6. The molecule has 2 atom stereocenters. The van der Waals surface area contributed by atoms with Crippen molar-refractivity contribution in [3.8, 4) is 0 Å². The molecule has 1 aliphatic heterocycles. The predicted molar refractivity (Wildman–Crippen MR) is 65.1 cm³/mol. The van der Waals surface area contributed by atoms with Gasteiger partial charge < -0.3 is 16.4 Å². The third-order valence-electron chi connectivity index (χ3n) is 2.57. The smallest absolute Gasteiger partial charge is 0.242 e. The lowest BCUT2D eigenvalue weighted by atomic mass is 10.1. The predicted octanol–water partition coefficient (Wildman–Crippen LogP) is -0.538. The van der Waals surface area contributed by atoms with Crippen molar-refractivity contribution in [2.75, 3.05) is 18.6 Å². The van der Waals surface area contributed by atoms with Gasteiger partial charge in [0, 0.05) is 6.54 Å². The normalized spacial score (nSPS) is 22.4. The van der Waals surface area contributed by atoms with Gasteiger partial charge in [0.2, 0.25) is 11.8 Å². The first-order chi connectivity index (χ1) is 7.65. The van der Waals surface area contributed by atoms with Gasteiger partial charge in [-0.2, -0.15) is 11.8 Å². The highest BCUT2D eigenvalue weighted by atomic mass is 32.2. The number of hydrogen-bond acceptors (Lipinski definition) is 4. The lowest BCUT2D eigenvalue weighted by molar-refractivity contribution is -0.130. The minimum Gasteiger partial charge on any atom is -0.354 e. The molecular formula is C10H19N3O2S. The maximum absolute atomic E-state index is 11.6. The van der Waals surface area contributed by atoms with Crippen LogP contribution >= 0.6 is 11.8 Å². The van der Waals surface area contributed by atoms with Crippen molar-refractivity contribution >= 4 is 23.6 Å². The van der Waals surface area contributed by atoms with Gasteiger partial charge in [-0.3, -0.25) is 9.59 Å². The molecule has 1 fully saturated rings. The molecule has 6 heteroatoms. The second-order valence-electron chi connectivity index (χ2n) is 3.88. The molecule has 0 aliphatic carbocycles. The number of carbonyl (C=O) groups excluding carboxylic acids is 2. The zero-order valence-electron chi connectivity index (χ0n) is 9.49. The van der Waals surface area contributed by atoms with E-state index in [0.29, 0.717) is 19.4 Å². The van der Waals surface area contributed by atoms with Crippen molar-refractivity contribution in [1.82, 2.24) is 10.6 Å². The minimum absolute atomic E-state index is 0.100. The van der Waals surface area contributed by atoms with Crippen molar-refractivity contribution in [3.63, 3.8) is 0 Å². The summed E-state index contributed by atoms with van der Waals surface area (Å²) in [5.74, 6) is 0.526. The molecule has 0 saturated carbocycles. The standard InChI is InChI=1S/C10H19N3O2S/c1-16-6-4-7(11)9(14)13-8-3-2-5-12-10(8)15/h7-8H,2-6,11H2,1H3,(H,12,15)(H,13,14)/t7-,8?/m0/s1. The van der Waals surface area contributed by atoms with E-state index in [4.69, 9.17) is 5.73 Å². The Hall–Kier alpha value is -0.750. The average Bonchev–Trinajstić information content (AvgIpc) is 2.28. The molecule has 0 aromatic rings. The van der Waals surface area contributed by atoms with Crippen molar-refractivity contribution in [2.45, 2.75) is 31.3 Å². The first-order valence-corrected chi connectivity index (χ1v) is 6.87. The average molecular weight is 245 g/mol. The Morgan fingerprint density at radius 1 is 1.75 bits per heavy atom. The third kappa shape index (κ3) is 4.02. The van der Waals surface area contributed by atoms with E-state index in [-0.39, 0.29) is 11.8 Å². The van der Waals surface area contributed by atoms with Crippen LogP contribution in [0, 0.1) is 0 Å². The van der Waals surface area contributed by atoms with E-state index in [2.05, 4.69) is 10.6 Å². The number of rotatable bonds is 5. The van der Waals surface area contributed by atoms with Crippen LogP contribution in [0.25, 0.3) is 0 Å². The molecule has 1 heterocycles. The van der Waals surface area contributed by atoms with Crippen LogP contribution in [0.4, 0.5) is 0 Å². The SMILES string of the molecule is CSCC[C@H](N)C(=O)NC1CCCNC1=O. The van der Waals surface area contributed by atoms with Gasteiger partial charge >= 0.3 is 0 Å². The Labute approximate surface area is 99.9 Å². The molecule has 1 rings (SSSR count). The van der Waals surface area contributed by atoms with E-state index in [9.17, 15) is 9.59 Å². The summed E-state index contributed by atoms with van der Waals surface area (Å²) in [6, 6.07) is -0.913. The van der Waals surface area contributed by atoms with E-state index in [1.807, 2.05) is 6.26 Å². The summed E-state index contributed by atoms with van der Waals surface area (Å²) in [5, 5.41) is 5.41. The van der Waals surface area contributed by atoms with Crippen LogP contribution in [0.15, 0.2) is 0 Å². The number of hydrogen-bond donors (Lipinski definition) is 3. The summed E-state index contributed by atoms with van der Waals surface area (Å²) in [7, 11) is 0. The zero-order chi connectivity index (χ0) is 12.0. The molecule has 1 saturated heterocycles. The van der Waals surface area contributed by atoms with Gasteiger partial charge in [-0.1, -0.05) is 0 Å². The highest BCUT2D eigenvalue weighted by molar-refractivity contribution is 7.98. The Balaban J connectivity index is 2.34. The Morgan fingerprint density at radius 3 is 3.12 bits per heavy atom. The van der Waals surface area contributed by atoms with Crippen molar-refractivity contribution in [1.29, 1.82) is 0 Å². The lowest BCUT2D eigenvalue weighted by Crippen LogP contribution is -2.54. The molecule has 0 bridgehead atoms. The number of nitrogens with one attached hydrogen (secondary N) is 2. The third-order valence-corrected chi connectivity index (χ3v) is 3.22. The first kappa shape index (κ1) is 13.3. The zero-order valence-corrected chi connectivity index (χ0v) is 10.3. The van der Waals surface area contributed by atoms with E-state index >= 15 is 0 Å². The van der Waals surface area contributed by atoms with Gasteiger partial charge in [-0.15, -0.1) is 0 Å². The van der Waals surface area contributed by atoms with Crippen molar-refractivity contribution in [2.24, 2.45) is 5.73 Å². The van der Waals surface area contributed by atoms with Crippen LogP contribution in [-0.2, 0) is 9.59 Å². The molecule has 0 aromatic carbocycles. The quantitative estimate of drug-likeness (QED) is 0.607. The molecule has 1 unspecified atom stereocenters. The molecule has 0 spiro atoms. The number of thioether (sulfide) groups is 1. The monoisotopic (exact) mass is 245 g/mol. The molecule has 0 radical (unpaired) electrons. The van der Waals surface area contributed by atoms with Gasteiger partial charge in [-0.05, 0) is 31.3 Å².